The zero-order valence-electron chi connectivity index (χ0n) is 7.38. The minimum Gasteiger partial charge on any atom is -1.00 e. The first-order valence-electron chi connectivity index (χ1n) is 3.86. The summed E-state index contributed by atoms with van der Waals surface area (Å²) >= 11 is 1.73. The third-order valence-electron chi connectivity index (χ3n) is 1.84. The highest BCUT2D eigenvalue weighted by Crippen LogP contribution is 2.10. The van der Waals surface area contributed by atoms with Gasteiger partial charge in [-0.3, -0.25) is 0 Å². The Balaban J connectivity index is 0.00000121. The van der Waals surface area contributed by atoms with E-state index >= 15 is 0 Å². The number of thiazole rings is 1. The average molecular weight is 299 g/mol. The van der Waals surface area contributed by atoms with Crippen molar-refractivity contribution in [2.45, 2.75) is 26.8 Å². The van der Waals surface area contributed by atoms with Gasteiger partial charge in [-0.2, -0.15) is 4.57 Å². The van der Waals surface area contributed by atoms with Gasteiger partial charge in [-0.05, 0) is 6.92 Å². The van der Waals surface area contributed by atoms with E-state index in [0.29, 0.717) is 0 Å². The molecule has 0 fully saturated rings. The second-order valence-corrected chi connectivity index (χ2v) is 3.43. The molecule has 0 saturated heterocycles. The molecule has 0 aromatic carbocycles. The van der Waals surface area contributed by atoms with Gasteiger partial charge in [0.25, 0.3) is 0 Å². The van der Waals surface area contributed by atoms with Gasteiger partial charge in [0.05, 0.1) is 4.88 Å². The van der Waals surface area contributed by atoms with Crippen LogP contribution in [0.2, 0.25) is 0 Å². The highest BCUT2D eigenvalue weighted by molar-refractivity contribution is 7.09. The van der Waals surface area contributed by atoms with Crippen molar-refractivity contribution in [1.29, 1.82) is 0 Å². The first-order valence-corrected chi connectivity index (χ1v) is 4.74. The monoisotopic (exact) mass is 299 g/mol. The maximum absolute atomic E-state index is 8.72. The fraction of sp³-hybridized carbons (Fsp3) is 0.625. The molecule has 0 aliphatic heterocycles. The molecule has 0 saturated carbocycles. The van der Waals surface area contributed by atoms with Crippen molar-refractivity contribution in [2.24, 2.45) is 0 Å². The molecule has 0 amide bonds. The molecule has 1 heterocycles. The number of aliphatic hydroxyl groups excluding tert-OH is 1. The van der Waals surface area contributed by atoms with E-state index in [-0.39, 0.29) is 30.6 Å². The molecule has 4 heteroatoms. The summed E-state index contributed by atoms with van der Waals surface area (Å²) in [5.74, 6) is 0. The number of aryl methyl sites for hydroxylation is 1. The minimum atomic E-state index is 0. The Kier molecular flexibility index (Phi) is 6.04. The summed E-state index contributed by atoms with van der Waals surface area (Å²) in [7, 11) is 0. The maximum atomic E-state index is 8.72. The van der Waals surface area contributed by atoms with Gasteiger partial charge < -0.3 is 29.1 Å². The van der Waals surface area contributed by atoms with Crippen LogP contribution in [0.5, 0.6) is 0 Å². The summed E-state index contributed by atoms with van der Waals surface area (Å²) in [5.41, 5.74) is 3.41. The molecule has 1 rings (SSSR count). The molecule has 0 aliphatic carbocycles. The van der Waals surface area contributed by atoms with Gasteiger partial charge >= 0.3 is 0 Å². The summed E-state index contributed by atoms with van der Waals surface area (Å²) in [6.45, 7) is 5.51. The number of aromatic nitrogens is 1. The molecular weight excluding hydrogens is 285 g/mol. The fourth-order valence-corrected chi connectivity index (χ4v) is 2.16. The van der Waals surface area contributed by atoms with Gasteiger partial charge in [0, 0.05) is 20.0 Å². The quantitative estimate of drug-likeness (QED) is 0.502. The van der Waals surface area contributed by atoms with E-state index in [2.05, 4.69) is 23.9 Å². The topological polar surface area (TPSA) is 24.1 Å². The van der Waals surface area contributed by atoms with Crippen LogP contribution >= 0.6 is 11.3 Å². The Morgan fingerprint density at radius 1 is 1.58 bits per heavy atom. The zero-order valence-corrected chi connectivity index (χ0v) is 10.4. The average Bonchev–Trinajstić information content (AvgIpc) is 2.34. The second kappa shape index (κ2) is 5.88. The van der Waals surface area contributed by atoms with Gasteiger partial charge in [0.1, 0.15) is 6.54 Å². The van der Waals surface area contributed by atoms with E-state index in [4.69, 9.17) is 5.11 Å². The second-order valence-electron chi connectivity index (χ2n) is 2.49. The van der Waals surface area contributed by atoms with Crippen LogP contribution in [0.3, 0.4) is 0 Å². The molecular formula is C8H14INOS. The summed E-state index contributed by atoms with van der Waals surface area (Å²) in [6.07, 6.45) is 0.795. The molecule has 0 aliphatic rings. The normalized spacial score (nSPS) is 9.58. The standard InChI is InChI=1S/C8H14NOS.HI/c1-3-9-6-11-8(4-5-10)7(9)2;/h6,10H,3-5H2,1-2H3;1H/q+1;/p-1. The first-order chi connectivity index (χ1) is 5.29. The predicted molar refractivity (Wildman–Crippen MR) is 45.7 cm³/mol. The van der Waals surface area contributed by atoms with E-state index in [9.17, 15) is 0 Å². The number of halogens is 1. The number of nitrogens with zero attached hydrogens (tertiary/aromatic N) is 1. The Morgan fingerprint density at radius 3 is 2.67 bits per heavy atom. The number of rotatable bonds is 3. The highest BCUT2D eigenvalue weighted by atomic mass is 127. The smallest absolute Gasteiger partial charge is 0.225 e. The van der Waals surface area contributed by atoms with Gasteiger partial charge in [-0.1, -0.05) is 11.3 Å². The van der Waals surface area contributed by atoms with Gasteiger partial charge in [-0.15, -0.1) is 0 Å². The van der Waals surface area contributed by atoms with Crippen LogP contribution < -0.4 is 28.5 Å². The lowest BCUT2D eigenvalue weighted by molar-refractivity contribution is -0.694. The van der Waals surface area contributed by atoms with E-state index in [1.807, 2.05) is 0 Å². The Labute approximate surface area is 94.3 Å². The van der Waals surface area contributed by atoms with Crippen LogP contribution in [0, 0.1) is 6.92 Å². The van der Waals surface area contributed by atoms with E-state index < -0.39 is 0 Å². The van der Waals surface area contributed by atoms with Crippen molar-refractivity contribution in [3.05, 3.63) is 16.1 Å². The van der Waals surface area contributed by atoms with Crippen LogP contribution in [0.25, 0.3) is 0 Å². The van der Waals surface area contributed by atoms with Crippen molar-refractivity contribution < 1.29 is 33.7 Å². The third kappa shape index (κ3) is 2.67. The third-order valence-corrected chi connectivity index (χ3v) is 2.98. The maximum Gasteiger partial charge on any atom is 0.225 e. The fourth-order valence-electron chi connectivity index (χ4n) is 1.10. The molecule has 1 aromatic rings. The molecule has 0 atom stereocenters. The predicted octanol–water partition coefficient (Wildman–Crippen LogP) is -2.10. The lowest BCUT2D eigenvalue weighted by atomic mass is 10.3. The molecule has 0 unspecified atom stereocenters. The molecule has 0 spiro atoms. The number of hydrogen-bond acceptors (Lipinski definition) is 2. The summed E-state index contributed by atoms with van der Waals surface area (Å²) < 4.78 is 2.20. The van der Waals surface area contributed by atoms with Gasteiger partial charge in [0.2, 0.25) is 5.51 Å². The first kappa shape index (κ1) is 12.3. The highest BCUT2D eigenvalue weighted by Gasteiger charge is 2.11. The van der Waals surface area contributed by atoms with Gasteiger partial charge in [-0.25, -0.2) is 0 Å². The SMILES string of the molecule is CC[n+]1csc(CCO)c1C.[I-]. The minimum absolute atomic E-state index is 0. The molecule has 0 bridgehead atoms. The molecule has 1 N–H and O–H groups in total. The molecule has 12 heavy (non-hydrogen) atoms. The summed E-state index contributed by atoms with van der Waals surface area (Å²) in [6, 6.07) is 0. The molecule has 70 valence electrons. The van der Waals surface area contributed by atoms with Crippen molar-refractivity contribution in [3.8, 4) is 0 Å². The van der Waals surface area contributed by atoms with Crippen molar-refractivity contribution in [2.75, 3.05) is 6.61 Å². The van der Waals surface area contributed by atoms with Crippen molar-refractivity contribution in [3.63, 3.8) is 0 Å². The number of hydrogen-bond donors (Lipinski definition) is 1. The molecule has 0 radical (unpaired) electrons. The van der Waals surface area contributed by atoms with Crippen LogP contribution in [-0.4, -0.2) is 11.7 Å². The van der Waals surface area contributed by atoms with Gasteiger partial charge in [0.15, 0.2) is 5.69 Å². The van der Waals surface area contributed by atoms with E-state index in [1.165, 1.54) is 10.6 Å². The van der Waals surface area contributed by atoms with Crippen LogP contribution in [-0.2, 0) is 13.0 Å². The van der Waals surface area contributed by atoms with E-state index in [0.717, 1.165) is 13.0 Å². The molecule has 1 aromatic heterocycles. The van der Waals surface area contributed by atoms with E-state index in [1.54, 1.807) is 11.3 Å². The van der Waals surface area contributed by atoms with Crippen LogP contribution in [0.4, 0.5) is 0 Å². The lowest BCUT2D eigenvalue weighted by Gasteiger charge is -1.90. The summed E-state index contributed by atoms with van der Waals surface area (Å²) in [5, 5.41) is 8.72. The largest absolute Gasteiger partial charge is 1.00 e. The summed E-state index contributed by atoms with van der Waals surface area (Å²) in [4.78, 5) is 1.30. The molecule has 2 nitrogen and oxygen atoms in total. The lowest BCUT2D eigenvalue weighted by Crippen LogP contribution is -3.00. The number of aliphatic hydroxyl groups is 1. The zero-order chi connectivity index (χ0) is 8.27. The Bertz CT molecular complexity index is 237. The van der Waals surface area contributed by atoms with Crippen LogP contribution in [0.1, 0.15) is 17.5 Å². The Hall–Kier alpha value is 0.320. The Morgan fingerprint density at radius 2 is 2.25 bits per heavy atom. The van der Waals surface area contributed by atoms with Crippen LogP contribution in [0.15, 0.2) is 5.51 Å². The van der Waals surface area contributed by atoms with Crippen molar-refractivity contribution in [1.82, 2.24) is 0 Å². The van der Waals surface area contributed by atoms with Crippen molar-refractivity contribution >= 4 is 11.3 Å².